The smallest absolute Gasteiger partial charge is 0.394 e. The van der Waals surface area contributed by atoms with E-state index in [4.69, 9.17) is 9.84 Å². The second kappa shape index (κ2) is 13.0. The van der Waals surface area contributed by atoms with Crippen LogP contribution in [0.2, 0.25) is 0 Å². The third-order valence-corrected chi connectivity index (χ3v) is 6.81. The standard InChI is InChI=1S/C18H23F3N4O7S2/c19-18(20,21)16(30)23-4-6-34-33-5-3-22-13(28)2-1-10-8-25(17(31)24-15(10)29)14-7-11(27)12(9-26)32-14/h1-2,8,11-12,14,26-27H,3-7,9H2,(H,22,28)(H,23,30)(H,24,29,31)/b2-1+/t11-,12+,14+/m0/s1. The summed E-state index contributed by atoms with van der Waals surface area (Å²) in [5.41, 5.74) is -1.51. The van der Waals surface area contributed by atoms with Gasteiger partial charge in [-0.3, -0.25) is 23.9 Å². The van der Waals surface area contributed by atoms with E-state index in [2.05, 4.69) is 10.3 Å². The molecule has 2 rings (SSSR count). The number of H-pyrrole nitrogens is 1. The zero-order valence-corrected chi connectivity index (χ0v) is 19.2. The second-order valence-corrected chi connectivity index (χ2v) is 9.59. The molecular formula is C18H23F3N4O7S2. The molecule has 0 bridgehead atoms. The van der Waals surface area contributed by atoms with Crippen molar-refractivity contribution in [2.45, 2.75) is 31.0 Å². The van der Waals surface area contributed by atoms with E-state index in [-0.39, 0.29) is 30.8 Å². The second-order valence-electron chi connectivity index (χ2n) is 6.89. The van der Waals surface area contributed by atoms with Crippen LogP contribution in [0, 0.1) is 0 Å². The van der Waals surface area contributed by atoms with Crippen molar-refractivity contribution in [3.63, 3.8) is 0 Å². The quantitative estimate of drug-likeness (QED) is 0.143. The summed E-state index contributed by atoms with van der Waals surface area (Å²) < 4.78 is 42.5. The van der Waals surface area contributed by atoms with Gasteiger partial charge in [0.25, 0.3) is 5.56 Å². The van der Waals surface area contributed by atoms with Crippen LogP contribution >= 0.6 is 21.6 Å². The van der Waals surface area contributed by atoms with Crippen LogP contribution in [-0.4, -0.2) is 81.2 Å². The van der Waals surface area contributed by atoms with Gasteiger partial charge >= 0.3 is 17.8 Å². The van der Waals surface area contributed by atoms with E-state index in [9.17, 15) is 37.5 Å². The predicted molar refractivity (Wildman–Crippen MR) is 119 cm³/mol. The Labute approximate surface area is 198 Å². The van der Waals surface area contributed by atoms with Gasteiger partial charge in [0.05, 0.1) is 18.3 Å². The number of ether oxygens (including phenoxy) is 1. The van der Waals surface area contributed by atoms with Crippen LogP contribution in [0.1, 0.15) is 18.2 Å². The number of nitrogens with one attached hydrogen (secondary N) is 3. The molecular weight excluding hydrogens is 505 g/mol. The number of alkyl halides is 3. The first-order chi connectivity index (χ1) is 16.0. The van der Waals surface area contributed by atoms with Crippen LogP contribution in [0.15, 0.2) is 21.9 Å². The first-order valence-corrected chi connectivity index (χ1v) is 12.4. The van der Waals surface area contributed by atoms with E-state index in [0.29, 0.717) is 5.75 Å². The number of carbonyl (C=O) groups excluding carboxylic acids is 2. The molecule has 1 aliphatic heterocycles. The van der Waals surface area contributed by atoms with E-state index in [1.807, 2.05) is 0 Å². The molecule has 1 fully saturated rings. The maximum Gasteiger partial charge on any atom is 0.471 e. The van der Waals surface area contributed by atoms with Crippen LogP contribution < -0.4 is 21.9 Å². The van der Waals surface area contributed by atoms with Gasteiger partial charge in [0.2, 0.25) is 5.91 Å². The van der Waals surface area contributed by atoms with E-state index in [1.54, 1.807) is 5.32 Å². The van der Waals surface area contributed by atoms with E-state index >= 15 is 0 Å². The van der Waals surface area contributed by atoms with Gasteiger partial charge < -0.3 is 25.6 Å². The number of aliphatic hydroxyl groups is 2. The molecule has 0 aromatic carbocycles. The third kappa shape index (κ3) is 8.50. The third-order valence-electron chi connectivity index (χ3n) is 4.40. The predicted octanol–water partition coefficient (Wildman–Crippen LogP) is -0.633. The highest BCUT2D eigenvalue weighted by atomic mass is 33.1. The van der Waals surface area contributed by atoms with E-state index in [0.717, 1.165) is 10.6 Å². The van der Waals surface area contributed by atoms with Crippen molar-refractivity contribution < 1.29 is 37.7 Å². The van der Waals surface area contributed by atoms with Gasteiger partial charge in [-0.25, -0.2) is 4.79 Å². The van der Waals surface area contributed by atoms with Crippen molar-refractivity contribution >= 4 is 39.5 Å². The number of aliphatic hydroxyl groups excluding tert-OH is 2. The van der Waals surface area contributed by atoms with Crippen LogP contribution in [0.3, 0.4) is 0 Å². The van der Waals surface area contributed by atoms with E-state index in [1.165, 1.54) is 33.9 Å². The van der Waals surface area contributed by atoms with Crippen LogP contribution in [-0.2, 0) is 14.3 Å². The molecule has 34 heavy (non-hydrogen) atoms. The lowest BCUT2D eigenvalue weighted by atomic mass is 10.2. The van der Waals surface area contributed by atoms with Crippen LogP contribution in [0.25, 0.3) is 6.08 Å². The Kier molecular flexibility index (Phi) is 10.7. The summed E-state index contributed by atoms with van der Waals surface area (Å²) in [6.07, 6.45) is -4.13. The normalized spacial score (nSPS) is 20.6. The van der Waals surface area contributed by atoms with Crippen molar-refractivity contribution in [3.8, 4) is 0 Å². The molecule has 1 aromatic heterocycles. The summed E-state index contributed by atoms with van der Waals surface area (Å²) in [5, 5.41) is 23.3. The first kappa shape index (κ1) is 28.0. The molecule has 11 nitrogen and oxygen atoms in total. The minimum absolute atomic E-state index is 0.00822. The lowest BCUT2D eigenvalue weighted by Crippen LogP contribution is -2.37. The highest BCUT2D eigenvalue weighted by Gasteiger charge is 2.38. The Hall–Kier alpha value is -2.27. The zero-order chi connectivity index (χ0) is 25.3. The Morgan fingerprint density at radius 1 is 1.24 bits per heavy atom. The van der Waals surface area contributed by atoms with Crippen molar-refractivity contribution in [3.05, 3.63) is 38.7 Å². The summed E-state index contributed by atoms with van der Waals surface area (Å²) in [7, 11) is 2.52. The van der Waals surface area contributed by atoms with Gasteiger partial charge in [-0.1, -0.05) is 21.6 Å². The molecule has 1 aromatic rings. The minimum atomic E-state index is -4.91. The molecule has 190 valence electrons. The Bertz CT molecular complexity index is 999. The maximum atomic E-state index is 12.1. The van der Waals surface area contributed by atoms with Crippen molar-refractivity contribution in [2.75, 3.05) is 31.2 Å². The molecule has 1 aliphatic rings. The lowest BCUT2D eigenvalue weighted by Gasteiger charge is -2.14. The van der Waals surface area contributed by atoms with Crippen LogP contribution in [0.5, 0.6) is 0 Å². The largest absolute Gasteiger partial charge is 0.471 e. The summed E-state index contributed by atoms with van der Waals surface area (Å²) in [6.45, 7) is -0.344. The molecule has 2 amide bonds. The highest BCUT2D eigenvalue weighted by molar-refractivity contribution is 8.76. The van der Waals surface area contributed by atoms with Gasteiger partial charge in [-0.2, -0.15) is 13.2 Å². The molecule has 3 atom stereocenters. The average molecular weight is 529 g/mol. The molecule has 0 radical (unpaired) electrons. The zero-order valence-electron chi connectivity index (χ0n) is 17.5. The Balaban J connectivity index is 1.76. The Morgan fingerprint density at radius 3 is 2.47 bits per heavy atom. The van der Waals surface area contributed by atoms with Crippen molar-refractivity contribution in [2.24, 2.45) is 0 Å². The first-order valence-electron chi connectivity index (χ1n) is 9.88. The molecule has 0 saturated carbocycles. The number of amides is 2. The fourth-order valence-corrected chi connectivity index (χ4v) is 4.56. The number of hydrogen-bond acceptors (Lipinski definition) is 9. The molecule has 16 heteroatoms. The number of rotatable bonds is 11. The number of nitrogens with zero attached hydrogens (tertiary/aromatic N) is 1. The van der Waals surface area contributed by atoms with Gasteiger partial charge in [-0.15, -0.1) is 0 Å². The molecule has 0 spiro atoms. The fraction of sp³-hybridized carbons (Fsp3) is 0.556. The molecule has 1 saturated heterocycles. The summed E-state index contributed by atoms with van der Waals surface area (Å²) in [6, 6.07) is 0. The van der Waals surface area contributed by atoms with Gasteiger partial charge in [0, 0.05) is 43.3 Å². The van der Waals surface area contributed by atoms with Crippen LogP contribution in [0.4, 0.5) is 13.2 Å². The Morgan fingerprint density at radius 2 is 1.88 bits per heavy atom. The number of aromatic nitrogens is 2. The van der Waals surface area contributed by atoms with Crippen molar-refractivity contribution in [1.29, 1.82) is 0 Å². The highest BCUT2D eigenvalue weighted by Crippen LogP contribution is 2.27. The fourth-order valence-electron chi connectivity index (χ4n) is 2.75. The number of carbonyl (C=O) groups is 2. The average Bonchev–Trinajstić information content (AvgIpc) is 3.14. The maximum absolute atomic E-state index is 12.1. The minimum Gasteiger partial charge on any atom is -0.394 e. The lowest BCUT2D eigenvalue weighted by molar-refractivity contribution is -0.173. The van der Waals surface area contributed by atoms with Gasteiger partial charge in [-0.05, 0) is 6.08 Å². The monoisotopic (exact) mass is 528 g/mol. The van der Waals surface area contributed by atoms with Gasteiger partial charge in [0.15, 0.2) is 0 Å². The molecule has 2 heterocycles. The molecule has 5 N–H and O–H groups in total. The van der Waals surface area contributed by atoms with Gasteiger partial charge in [0.1, 0.15) is 12.3 Å². The number of hydrogen-bond donors (Lipinski definition) is 5. The number of aromatic amines is 1. The molecule has 0 aliphatic carbocycles. The number of halogens is 3. The van der Waals surface area contributed by atoms with Crippen molar-refractivity contribution in [1.82, 2.24) is 20.2 Å². The summed E-state index contributed by atoms with van der Waals surface area (Å²) in [5.74, 6) is -1.82. The summed E-state index contributed by atoms with van der Waals surface area (Å²) >= 11 is 0. The molecule has 0 unspecified atom stereocenters. The van der Waals surface area contributed by atoms with E-state index < -0.39 is 54.3 Å². The SMILES string of the molecule is O=C(/C=C/c1cn([C@H]2C[C@H](O)[C@@H](CO)O2)c(=O)[nH]c1=O)NCCSSCCNC(=O)C(F)(F)F. The summed E-state index contributed by atoms with van der Waals surface area (Å²) in [4.78, 5) is 48.7. The topological polar surface area (TPSA) is 163 Å².